The molecular weight excluding hydrogens is 374 g/mol. The number of rotatable bonds is 6. The molecule has 0 radical (unpaired) electrons. The van der Waals surface area contributed by atoms with Gasteiger partial charge >= 0.3 is 0 Å². The van der Waals surface area contributed by atoms with Crippen LogP contribution in [0.1, 0.15) is 50.3 Å². The van der Waals surface area contributed by atoms with E-state index in [2.05, 4.69) is 27.0 Å². The number of aromatic nitrogens is 3. The van der Waals surface area contributed by atoms with E-state index in [1.807, 2.05) is 31.5 Å². The molecule has 2 heterocycles. The summed E-state index contributed by atoms with van der Waals surface area (Å²) in [6.07, 6.45) is 2.55. The number of hydrogen-bond acceptors (Lipinski definition) is 5. The van der Waals surface area contributed by atoms with Gasteiger partial charge in [0.15, 0.2) is 0 Å². The van der Waals surface area contributed by atoms with Gasteiger partial charge in [-0.1, -0.05) is 13.0 Å². The maximum absolute atomic E-state index is 12.8. The molecule has 0 aliphatic rings. The number of nitrogens with one attached hydrogen (secondary N) is 2. The fourth-order valence-corrected chi connectivity index (χ4v) is 3.40. The van der Waals surface area contributed by atoms with Crippen LogP contribution in [0.5, 0.6) is 0 Å². The molecule has 0 saturated carbocycles. The topological polar surface area (TPSA) is 88.9 Å². The van der Waals surface area contributed by atoms with Crippen LogP contribution in [0, 0.1) is 20.8 Å². The Morgan fingerprint density at radius 1 is 1.11 bits per heavy atom. The molecule has 0 saturated heterocycles. The highest BCUT2D eigenvalue weighted by atomic mass is 32.1. The van der Waals surface area contributed by atoms with Gasteiger partial charge in [0.1, 0.15) is 4.88 Å². The quantitative estimate of drug-likeness (QED) is 0.653. The van der Waals surface area contributed by atoms with Crippen LogP contribution in [0.4, 0.5) is 11.4 Å². The smallest absolute Gasteiger partial charge is 0.267 e. The SMILES string of the molecule is CCCn1nc(C)c(NC(=O)c2ccc(C)c(NC(=O)c3ccns3)c2)c1C. The van der Waals surface area contributed by atoms with E-state index in [4.69, 9.17) is 0 Å². The van der Waals surface area contributed by atoms with Gasteiger partial charge in [-0.25, -0.2) is 4.37 Å². The Morgan fingerprint density at radius 3 is 2.57 bits per heavy atom. The first-order valence-corrected chi connectivity index (χ1v) is 9.86. The van der Waals surface area contributed by atoms with Crippen molar-refractivity contribution in [2.75, 3.05) is 10.6 Å². The Balaban J connectivity index is 1.80. The number of anilines is 2. The van der Waals surface area contributed by atoms with Crippen LogP contribution in [0.2, 0.25) is 0 Å². The first-order chi connectivity index (χ1) is 13.4. The van der Waals surface area contributed by atoms with Crippen molar-refractivity contribution < 1.29 is 9.59 Å². The predicted molar refractivity (Wildman–Crippen MR) is 111 cm³/mol. The van der Waals surface area contributed by atoms with Crippen molar-refractivity contribution >= 4 is 34.7 Å². The second kappa shape index (κ2) is 8.35. The summed E-state index contributed by atoms with van der Waals surface area (Å²) in [4.78, 5) is 25.6. The molecule has 0 atom stereocenters. The fourth-order valence-electron chi connectivity index (χ4n) is 2.91. The summed E-state index contributed by atoms with van der Waals surface area (Å²) < 4.78 is 5.84. The zero-order chi connectivity index (χ0) is 20.3. The minimum absolute atomic E-state index is 0.240. The lowest BCUT2D eigenvalue weighted by Gasteiger charge is -2.11. The summed E-state index contributed by atoms with van der Waals surface area (Å²) >= 11 is 1.13. The molecule has 0 aliphatic carbocycles. The standard InChI is InChI=1S/C20H23N5O2S/c1-5-10-25-14(4)18(13(3)24-25)23-19(26)15-7-6-12(2)16(11-15)22-20(27)17-8-9-21-28-17/h6-9,11H,5,10H2,1-4H3,(H,22,27)(H,23,26). The van der Waals surface area contributed by atoms with Crippen molar-refractivity contribution in [1.82, 2.24) is 14.2 Å². The normalized spacial score (nSPS) is 10.7. The largest absolute Gasteiger partial charge is 0.321 e. The third-order valence-corrected chi connectivity index (χ3v) is 5.21. The lowest BCUT2D eigenvalue weighted by molar-refractivity contribution is 0.101. The number of hydrogen-bond donors (Lipinski definition) is 2. The van der Waals surface area contributed by atoms with Crippen LogP contribution in [0.3, 0.4) is 0 Å². The van der Waals surface area contributed by atoms with Crippen molar-refractivity contribution in [3.8, 4) is 0 Å². The summed E-state index contributed by atoms with van der Waals surface area (Å²) in [6.45, 7) is 8.60. The Hall–Kier alpha value is -3.00. The maximum atomic E-state index is 12.8. The van der Waals surface area contributed by atoms with Gasteiger partial charge in [-0.05, 0) is 62.5 Å². The summed E-state index contributed by atoms with van der Waals surface area (Å²) in [6, 6.07) is 6.90. The zero-order valence-electron chi connectivity index (χ0n) is 16.4. The number of aryl methyl sites for hydroxylation is 3. The highest BCUT2D eigenvalue weighted by Crippen LogP contribution is 2.23. The van der Waals surface area contributed by atoms with Gasteiger partial charge < -0.3 is 10.6 Å². The van der Waals surface area contributed by atoms with E-state index in [0.717, 1.165) is 47.1 Å². The van der Waals surface area contributed by atoms with Gasteiger partial charge in [0.25, 0.3) is 11.8 Å². The van der Waals surface area contributed by atoms with Crippen molar-refractivity contribution in [3.05, 3.63) is 57.9 Å². The fraction of sp³-hybridized carbons (Fsp3) is 0.300. The molecule has 0 spiro atoms. The number of amides is 2. The lowest BCUT2D eigenvalue weighted by atomic mass is 10.1. The molecule has 3 aromatic rings. The van der Waals surface area contributed by atoms with Crippen LogP contribution >= 0.6 is 11.5 Å². The average molecular weight is 398 g/mol. The molecule has 7 nitrogen and oxygen atoms in total. The first-order valence-electron chi connectivity index (χ1n) is 9.08. The van der Waals surface area contributed by atoms with E-state index in [0.29, 0.717) is 16.1 Å². The molecule has 3 rings (SSSR count). The van der Waals surface area contributed by atoms with Crippen LogP contribution < -0.4 is 10.6 Å². The Bertz CT molecular complexity index is 1010. The molecule has 2 aromatic heterocycles. The van der Waals surface area contributed by atoms with Crippen LogP contribution in [0.15, 0.2) is 30.5 Å². The monoisotopic (exact) mass is 397 g/mol. The lowest BCUT2D eigenvalue weighted by Crippen LogP contribution is -2.15. The van der Waals surface area contributed by atoms with Crippen LogP contribution in [-0.2, 0) is 6.54 Å². The van der Waals surface area contributed by atoms with Crippen LogP contribution in [0.25, 0.3) is 0 Å². The van der Waals surface area contributed by atoms with E-state index in [1.54, 1.807) is 24.4 Å². The van der Waals surface area contributed by atoms with Crippen molar-refractivity contribution in [2.24, 2.45) is 0 Å². The third kappa shape index (κ3) is 4.12. The van der Waals surface area contributed by atoms with Crippen molar-refractivity contribution in [3.63, 3.8) is 0 Å². The highest BCUT2D eigenvalue weighted by molar-refractivity contribution is 7.08. The molecule has 0 aliphatic heterocycles. The number of carbonyl (C=O) groups excluding carboxylic acids is 2. The minimum Gasteiger partial charge on any atom is -0.321 e. The molecule has 146 valence electrons. The second-order valence-corrected chi connectivity index (χ2v) is 7.42. The molecule has 2 amide bonds. The number of nitrogens with zero attached hydrogens (tertiary/aromatic N) is 3. The summed E-state index contributed by atoms with van der Waals surface area (Å²) in [5.74, 6) is -0.480. The molecular formula is C20H23N5O2S. The third-order valence-electron chi connectivity index (χ3n) is 4.47. The van der Waals surface area contributed by atoms with Crippen molar-refractivity contribution in [2.45, 2.75) is 40.7 Å². The zero-order valence-corrected chi connectivity index (χ0v) is 17.2. The van der Waals surface area contributed by atoms with Gasteiger partial charge in [0.05, 0.1) is 17.1 Å². The Kier molecular flexibility index (Phi) is 5.89. The summed E-state index contributed by atoms with van der Waals surface area (Å²) in [5.41, 5.74) is 4.38. The maximum Gasteiger partial charge on any atom is 0.267 e. The van der Waals surface area contributed by atoms with E-state index < -0.39 is 0 Å². The van der Waals surface area contributed by atoms with Gasteiger partial charge in [0.2, 0.25) is 0 Å². The Morgan fingerprint density at radius 2 is 1.89 bits per heavy atom. The van der Waals surface area contributed by atoms with E-state index in [9.17, 15) is 9.59 Å². The van der Waals surface area contributed by atoms with Gasteiger partial charge in [-0.15, -0.1) is 0 Å². The summed E-state index contributed by atoms with van der Waals surface area (Å²) in [5, 5.41) is 10.3. The molecule has 1 aromatic carbocycles. The molecule has 28 heavy (non-hydrogen) atoms. The van der Waals surface area contributed by atoms with Gasteiger partial charge in [0, 0.05) is 24.0 Å². The molecule has 2 N–H and O–H groups in total. The molecule has 0 unspecified atom stereocenters. The van der Waals surface area contributed by atoms with E-state index >= 15 is 0 Å². The van der Waals surface area contributed by atoms with Crippen molar-refractivity contribution in [1.29, 1.82) is 0 Å². The Labute approximate surface area is 167 Å². The minimum atomic E-state index is -0.240. The van der Waals surface area contributed by atoms with E-state index in [-0.39, 0.29) is 11.8 Å². The highest BCUT2D eigenvalue weighted by Gasteiger charge is 2.16. The first kappa shape index (κ1) is 19.8. The van der Waals surface area contributed by atoms with E-state index in [1.165, 1.54) is 0 Å². The van der Waals surface area contributed by atoms with Gasteiger partial charge in [-0.3, -0.25) is 14.3 Å². The second-order valence-electron chi connectivity index (χ2n) is 6.58. The number of carbonyl (C=O) groups is 2. The number of benzene rings is 1. The van der Waals surface area contributed by atoms with Crippen LogP contribution in [-0.4, -0.2) is 26.0 Å². The molecule has 0 bridgehead atoms. The van der Waals surface area contributed by atoms with Gasteiger partial charge in [-0.2, -0.15) is 5.10 Å². The average Bonchev–Trinajstić information content (AvgIpc) is 3.29. The molecule has 8 heteroatoms. The molecule has 0 fully saturated rings. The predicted octanol–water partition coefficient (Wildman–Crippen LogP) is 4.18. The summed E-state index contributed by atoms with van der Waals surface area (Å²) in [7, 11) is 0.